The van der Waals surface area contributed by atoms with E-state index in [0.29, 0.717) is 17.9 Å². The number of hydrogen-bond acceptors (Lipinski definition) is 4. The molecule has 1 atom stereocenters. The lowest BCUT2D eigenvalue weighted by atomic mass is 9.87. The van der Waals surface area contributed by atoms with Crippen LogP contribution in [0.1, 0.15) is 17.5 Å². The predicted octanol–water partition coefficient (Wildman–Crippen LogP) is 3.36. The number of fused-ring (bicyclic) bond motifs is 1. The Morgan fingerprint density at radius 1 is 1.17 bits per heavy atom. The van der Waals surface area contributed by atoms with E-state index in [2.05, 4.69) is 20.1 Å². The lowest BCUT2D eigenvalue weighted by molar-refractivity contribution is -0.274. The van der Waals surface area contributed by atoms with Gasteiger partial charge in [-0.3, -0.25) is 0 Å². The molecule has 1 aliphatic rings. The van der Waals surface area contributed by atoms with Gasteiger partial charge in [0.05, 0.1) is 5.69 Å². The molecule has 4 rings (SSSR count). The number of rotatable bonds is 4. The molecule has 1 aromatic heterocycles. The van der Waals surface area contributed by atoms with Crippen LogP contribution in [0, 0.1) is 0 Å². The molecule has 2 amide bonds. The Bertz CT molecular complexity index is 1060. The van der Waals surface area contributed by atoms with Crippen molar-refractivity contribution in [3.63, 3.8) is 0 Å². The first-order chi connectivity index (χ1) is 14.3. The first-order valence-corrected chi connectivity index (χ1v) is 9.23. The molecule has 0 spiro atoms. The van der Waals surface area contributed by atoms with Gasteiger partial charge >= 0.3 is 12.4 Å². The minimum atomic E-state index is -4.73. The van der Waals surface area contributed by atoms with Crippen molar-refractivity contribution in [1.82, 2.24) is 20.1 Å². The van der Waals surface area contributed by atoms with Gasteiger partial charge in [-0.15, -0.1) is 18.3 Å². The summed E-state index contributed by atoms with van der Waals surface area (Å²) in [6.45, 7) is 0. The van der Waals surface area contributed by atoms with E-state index in [1.165, 1.54) is 40.8 Å². The van der Waals surface area contributed by atoms with Gasteiger partial charge in [0.15, 0.2) is 5.82 Å². The molecule has 30 heavy (non-hydrogen) atoms. The van der Waals surface area contributed by atoms with Gasteiger partial charge in [-0.05, 0) is 60.7 Å². The van der Waals surface area contributed by atoms with Crippen molar-refractivity contribution in [1.29, 1.82) is 0 Å². The SMILES string of the molecule is NC(=O)NC1CCc2cc(-c3ncn(-c4ccc(OC(F)(F)F)cc4)n3)ccc2C1. The lowest BCUT2D eigenvalue weighted by Crippen LogP contribution is -2.41. The van der Waals surface area contributed by atoms with Crippen LogP contribution in [0.2, 0.25) is 0 Å². The molecule has 1 aliphatic carbocycles. The molecule has 7 nitrogen and oxygen atoms in total. The zero-order valence-electron chi connectivity index (χ0n) is 15.7. The number of nitrogens with one attached hydrogen (secondary N) is 1. The highest BCUT2D eigenvalue weighted by atomic mass is 19.4. The number of ether oxygens (including phenoxy) is 1. The molecule has 10 heteroatoms. The molecular formula is C20H18F3N5O2. The number of amides is 2. The summed E-state index contributed by atoms with van der Waals surface area (Å²) in [5.41, 5.74) is 8.91. The van der Waals surface area contributed by atoms with Crippen molar-refractivity contribution in [3.05, 3.63) is 59.9 Å². The molecule has 3 N–H and O–H groups in total. The summed E-state index contributed by atoms with van der Waals surface area (Å²) in [5, 5.41) is 7.17. The van der Waals surface area contributed by atoms with Crippen molar-refractivity contribution in [2.24, 2.45) is 5.73 Å². The van der Waals surface area contributed by atoms with Crippen LogP contribution in [0.15, 0.2) is 48.8 Å². The van der Waals surface area contributed by atoms with E-state index in [9.17, 15) is 18.0 Å². The zero-order chi connectivity index (χ0) is 21.3. The fraction of sp³-hybridized carbons (Fsp3) is 0.250. The third kappa shape index (κ3) is 4.53. The largest absolute Gasteiger partial charge is 0.573 e. The number of aromatic nitrogens is 3. The van der Waals surface area contributed by atoms with Crippen LogP contribution in [0.3, 0.4) is 0 Å². The van der Waals surface area contributed by atoms with Crippen LogP contribution in [0.4, 0.5) is 18.0 Å². The van der Waals surface area contributed by atoms with Gasteiger partial charge in [0.2, 0.25) is 0 Å². The summed E-state index contributed by atoms with van der Waals surface area (Å²) in [6, 6.07) is 10.8. The first kappa shape index (κ1) is 19.7. The predicted molar refractivity (Wildman–Crippen MR) is 102 cm³/mol. The van der Waals surface area contributed by atoms with Crippen LogP contribution in [0.25, 0.3) is 17.1 Å². The second kappa shape index (κ2) is 7.69. The number of urea groups is 1. The molecule has 2 aromatic carbocycles. The average Bonchev–Trinajstić information content (AvgIpc) is 3.16. The highest BCUT2D eigenvalue weighted by Gasteiger charge is 2.31. The molecule has 0 fully saturated rings. The topological polar surface area (TPSA) is 95.1 Å². The van der Waals surface area contributed by atoms with Crippen LogP contribution in [-0.2, 0) is 12.8 Å². The molecule has 156 valence electrons. The molecule has 0 saturated carbocycles. The Hall–Kier alpha value is -3.56. The van der Waals surface area contributed by atoms with Crippen LogP contribution in [-0.4, -0.2) is 33.2 Å². The van der Waals surface area contributed by atoms with E-state index in [1.807, 2.05) is 18.2 Å². The van der Waals surface area contributed by atoms with Gasteiger partial charge in [0, 0.05) is 11.6 Å². The highest BCUT2D eigenvalue weighted by molar-refractivity contribution is 5.72. The number of alkyl halides is 3. The molecule has 0 bridgehead atoms. The number of halogens is 3. The number of benzene rings is 2. The van der Waals surface area contributed by atoms with Crippen molar-refractivity contribution < 1.29 is 22.7 Å². The van der Waals surface area contributed by atoms with Crippen LogP contribution >= 0.6 is 0 Å². The summed E-state index contributed by atoms with van der Waals surface area (Å²) in [4.78, 5) is 15.4. The fourth-order valence-corrected chi connectivity index (χ4v) is 3.54. The van der Waals surface area contributed by atoms with Crippen molar-refractivity contribution in [3.8, 4) is 22.8 Å². The molecule has 1 unspecified atom stereocenters. The number of nitrogens with zero attached hydrogens (tertiary/aromatic N) is 3. The molecule has 3 aromatic rings. The molecule has 0 radical (unpaired) electrons. The standard InChI is InChI=1S/C20H18F3N5O2/c21-20(22,23)30-17-7-5-16(6-8-17)28-11-25-18(27-28)14-2-1-13-10-15(26-19(24)29)4-3-12(13)9-14/h1-2,5-9,11,15H,3-4,10H2,(H3,24,26,29). The smallest absolute Gasteiger partial charge is 0.406 e. The minimum absolute atomic E-state index is 0.0301. The summed E-state index contributed by atoms with van der Waals surface area (Å²) >= 11 is 0. The maximum absolute atomic E-state index is 12.3. The van der Waals surface area contributed by atoms with Gasteiger partial charge < -0.3 is 15.8 Å². The number of nitrogens with two attached hydrogens (primary N) is 1. The Kier molecular flexibility index (Phi) is 5.06. The fourth-order valence-electron chi connectivity index (χ4n) is 3.54. The third-order valence-electron chi connectivity index (χ3n) is 4.87. The van der Waals surface area contributed by atoms with Crippen LogP contribution in [0.5, 0.6) is 5.75 Å². The van der Waals surface area contributed by atoms with Gasteiger partial charge in [-0.25, -0.2) is 14.5 Å². The van der Waals surface area contributed by atoms with Crippen molar-refractivity contribution >= 4 is 6.03 Å². The van der Waals surface area contributed by atoms with E-state index in [-0.39, 0.29) is 11.8 Å². The van der Waals surface area contributed by atoms with Gasteiger partial charge in [0.1, 0.15) is 12.1 Å². The summed E-state index contributed by atoms with van der Waals surface area (Å²) in [7, 11) is 0. The van der Waals surface area contributed by atoms with Crippen molar-refractivity contribution in [2.75, 3.05) is 0 Å². The Morgan fingerprint density at radius 3 is 2.63 bits per heavy atom. The maximum atomic E-state index is 12.3. The Balaban J connectivity index is 1.50. The molecule has 0 saturated heterocycles. The Morgan fingerprint density at radius 2 is 1.93 bits per heavy atom. The van der Waals surface area contributed by atoms with Gasteiger partial charge in [0.25, 0.3) is 0 Å². The second-order valence-electron chi connectivity index (χ2n) is 6.99. The average molecular weight is 417 g/mol. The van der Waals surface area contributed by atoms with Gasteiger partial charge in [-0.2, -0.15) is 0 Å². The second-order valence-corrected chi connectivity index (χ2v) is 6.99. The Labute approximate surface area is 169 Å². The normalized spacial score (nSPS) is 16.0. The van der Waals surface area contributed by atoms with E-state index in [0.717, 1.165) is 24.0 Å². The maximum Gasteiger partial charge on any atom is 0.573 e. The summed E-state index contributed by atoms with van der Waals surface area (Å²) in [6.07, 6.45) is -0.915. The van der Waals surface area contributed by atoms with E-state index < -0.39 is 12.4 Å². The monoisotopic (exact) mass is 417 g/mol. The van der Waals surface area contributed by atoms with E-state index >= 15 is 0 Å². The molecule has 0 aliphatic heterocycles. The van der Waals surface area contributed by atoms with Gasteiger partial charge in [-0.1, -0.05) is 12.1 Å². The van der Waals surface area contributed by atoms with Crippen molar-refractivity contribution in [2.45, 2.75) is 31.7 Å². The quantitative estimate of drug-likeness (QED) is 0.681. The first-order valence-electron chi connectivity index (χ1n) is 9.23. The number of carbonyl (C=O) groups excluding carboxylic acids is 1. The minimum Gasteiger partial charge on any atom is -0.406 e. The number of primary amides is 1. The molecule has 1 heterocycles. The van der Waals surface area contributed by atoms with E-state index in [1.54, 1.807) is 0 Å². The summed E-state index contributed by atoms with van der Waals surface area (Å²) in [5.74, 6) is 0.205. The van der Waals surface area contributed by atoms with Crippen LogP contribution < -0.4 is 15.8 Å². The van der Waals surface area contributed by atoms with E-state index in [4.69, 9.17) is 5.73 Å². The number of carbonyl (C=O) groups is 1. The molecular weight excluding hydrogens is 399 g/mol. The summed E-state index contributed by atoms with van der Waals surface area (Å²) < 4.78 is 42.2. The number of hydrogen-bond donors (Lipinski definition) is 2. The number of aryl methyl sites for hydroxylation is 1. The lowest BCUT2D eigenvalue weighted by Gasteiger charge is -2.25. The zero-order valence-corrected chi connectivity index (χ0v) is 15.7. The third-order valence-corrected chi connectivity index (χ3v) is 4.87. The highest BCUT2D eigenvalue weighted by Crippen LogP contribution is 2.27.